The topological polar surface area (TPSA) is 37.3 Å². The molecule has 0 aliphatic heterocycles. The normalized spacial score (nSPS) is 17.9. The Bertz CT molecular complexity index is 390. The van der Waals surface area contributed by atoms with Gasteiger partial charge in [-0.05, 0) is 36.8 Å². The third-order valence-corrected chi connectivity index (χ3v) is 3.15. The van der Waals surface area contributed by atoms with Crippen molar-refractivity contribution in [1.29, 1.82) is 0 Å². The van der Waals surface area contributed by atoms with Crippen molar-refractivity contribution in [2.24, 2.45) is 0 Å². The lowest BCUT2D eigenvalue weighted by molar-refractivity contribution is 0.112. The van der Waals surface area contributed by atoms with Crippen molar-refractivity contribution < 1.29 is 9.90 Å². The first-order chi connectivity index (χ1) is 6.58. The van der Waals surface area contributed by atoms with Crippen LogP contribution in [0.5, 0.6) is 5.75 Å². The van der Waals surface area contributed by atoms with Crippen molar-refractivity contribution in [1.82, 2.24) is 0 Å². The maximum atomic E-state index is 10.7. The maximum Gasteiger partial charge on any atom is 0.153 e. The monoisotopic (exact) mass is 190 g/mol. The Morgan fingerprint density at radius 2 is 2.07 bits per heavy atom. The summed E-state index contributed by atoms with van der Waals surface area (Å²) >= 11 is 0. The molecule has 2 rings (SSSR count). The minimum Gasteiger partial charge on any atom is -0.507 e. The predicted octanol–water partition coefficient (Wildman–Crippen LogP) is 2.56. The molecule has 2 heteroatoms. The first-order valence-corrected chi connectivity index (χ1v) is 4.87. The van der Waals surface area contributed by atoms with Gasteiger partial charge >= 0.3 is 0 Å². The third kappa shape index (κ3) is 1.22. The Kier molecular flexibility index (Phi) is 1.88. The molecule has 1 aliphatic carbocycles. The maximum absolute atomic E-state index is 10.7. The second-order valence-corrected chi connectivity index (χ2v) is 4.37. The van der Waals surface area contributed by atoms with Crippen LogP contribution >= 0.6 is 0 Å². The molecule has 2 nitrogen and oxygen atoms in total. The Balaban J connectivity index is 2.62. The quantitative estimate of drug-likeness (QED) is 0.728. The molecule has 1 aromatic carbocycles. The largest absolute Gasteiger partial charge is 0.507 e. The average molecular weight is 190 g/mol. The molecule has 0 unspecified atom stereocenters. The van der Waals surface area contributed by atoms with Crippen LogP contribution in [0.4, 0.5) is 0 Å². The average Bonchev–Trinajstić information content (AvgIpc) is 2.85. The van der Waals surface area contributed by atoms with E-state index in [0.29, 0.717) is 11.8 Å². The van der Waals surface area contributed by atoms with Gasteiger partial charge in [0.2, 0.25) is 0 Å². The molecular formula is C12H14O2. The molecular weight excluding hydrogens is 176 g/mol. The fourth-order valence-electron chi connectivity index (χ4n) is 2.00. The number of benzene rings is 1. The molecule has 0 bridgehead atoms. The van der Waals surface area contributed by atoms with Gasteiger partial charge in [-0.1, -0.05) is 13.0 Å². The highest BCUT2D eigenvalue weighted by molar-refractivity contribution is 5.81. The summed E-state index contributed by atoms with van der Waals surface area (Å²) in [6, 6.07) is 3.58. The van der Waals surface area contributed by atoms with Gasteiger partial charge in [0.05, 0.1) is 5.56 Å². The molecule has 14 heavy (non-hydrogen) atoms. The van der Waals surface area contributed by atoms with Gasteiger partial charge in [0.25, 0.3) is 0 Å². The van der Waals surface area contributed by atoms with Crippen LogP contribution in [0.1, 0.15) is 41.3 Å². The fraction of sp³-hybridized carbons (Fsp3) is 0.417. The second-order valence-electron chi connectivity index (χ2n) is 4.37. The van der Waals surface area contributed by atoms with Gasteiger partial charge in [0.1, 0.15) is 5.75 Å². The molecule has 74 valence electrons. The summed E-state index contributed by atoms with van der Waals surface area (Å²) in [6.07, 6.45) is 2.91. The number of phenols is 1. The molecule has 0 heterocycles. The number of hydrogen-bond donors (Lipinski definition) is 1. The highest BCUT2D eigenvalue weighted by atomic mass is 16.3. The van der Waals surface area contributed by atoms with Crippen LogP contribution in [0.2, 0.25) is 0 Å². The molecule has 1 saturated carbocycles. The summed E-state index contributed by atoms with van der Waals surface area (Å²) < 4.78 is 0. The second kappa shape index (κ2) is 2.84. The van der Waals surface area contributed by atoms with Gasteiger partial charge in [-0.25, -0.2) is 0 Å². The number of aryl methyl sites for hydroxylation is 1. The summed E-state index contributed by atoms with van der Waals surface area (Å²) in [5, 5.41) is 9.91. The van der Waals surface area contributed by atoms with Crippen LogP contribution in [0.25, 0.3) is 0 Å². The molecule has 0 spiro atoms. The Labute approximate surface area is 83.6 Å². The summed E-state index contributed by atoms with van der Waals surface area (Å²) in [4.78, 5) is 10.7. The van der Waals surface area contributed by atoms with Crippen LogP contribution in [-0.4, -0.2) is 11.4 Å². The molecule has 1 fully saturated rings. The number of carbonyl (C=O) groups is 1. The summed E-state index contributed by atoms with van der Waals surface area (Å²) in [7, 11) is 0. The van der Waals surface area contributed by atoms with Crippen LogP contribution in [0.15, 0.2) is 12.1 Å². The van der Waals surface area contributed by atoms with Crippen molar-refractivity contribution in [3.63, 3.8) is 0 Å². The van der Waals surface area contributed by atoms with Crippen molar-refractivity contribution >= 4 is 6.29 Å². The zero-order valence-electron chi connectivity index (χ0n) is 8.50. The van der Waals surface area contributed by atoms with E-state index < -0.39 is 0 Å². The van der Waals surface area contributed by atoms with E-state index in [-0.39, 0.29) is 11.2 Å². The molecule has 1 aromatic rings. The highest BCUT2D eigenvalue weighted by Gasteiger charge is 2.42. The number of aromatic hydroxyl groups is 1. The minimum absolute atomic E-state index is 0.104. The van der Waals surface area contributed by atoms with E-state index in [4.69, 9.17) is 0 Å². The summed E-state index contributed by atoms with van der Waals surface area (Å²) in [6.45, 7) is 4.11. The van der Waals surface area contributed by atoms with Crippen LogP contribution < -0.4 is 0 Å². The van der Waals surface area contributed by atoms with E-state index >= 15 is 0 Å². The lowest BCUT2D eigenvalue weighted by Gasteiger charge is -2.15. The number of rotatable bonds is 2. The van der Waals surface area contributed by atoms with E-state index in [9.17, 15) is 9.90 Å². The first-order valence-electron chi connectivity index (χ1n) is 4.87. The van der Waals surface area contributed by atoms with Gasteiger partial charge in [0, 0.05) is 5.56 Å². The molecule has 0 atom stereocenters. The van der Waals surface area contributed by atoms with Crippen LogP contribution in [0, 0.1) is 6.92 Å². The highest BCUT2D eigenvalue weighted by Crippen LogP contribution is 2.52. The standard InChI is InChI=1S/C12H14O2/c1-8-3-4-9(7-13)11(14)10(8)12(2)5-6-12/h3-4,7,14H,5-6H2,1-2H3. The van der Waals surface area contributed by atoms with Crippen LogP contribution in [0.3, 0.4) is 0 Å². The number of hydrogen-bond acceptors (Lipinski definition) is 2. The molecule has 0 radical (unpaired) electrons. The van der Waals surface area contributed by atoms with Crippen molar-refractivity contribution in [3.05, 3.63) is 28.8 Å². The van der Waals surface area contributed by atoms with Gasteiger partial charge in [-0.15, -0.1) is 0 Å². The molecule has 0 aromatic heterocycles. The number of phenolic OH excluding ortho intramolecular Hbond substituents is 1. The van der Waals surface area contributed by atoms with E-state index in [2.05, 4.69) is 6.92 Å². The summed E-state index contributed by atoms with van der Waals surface area (Å²) in [5.41, 5.74) is 2.54. The van der Waals surface area contributed by atoms with Crippen molar-refractivity contribution in [2.75, 3.05) is 0 Å². The smallest absolute Gasteiger partial charge is 0.153 e. The van der Waals surface area contributed by atoms with E-state index in [1.807, 2.05) is 13.0 Å². The summed E-state index contributed by atoms with van der Waals surface area (Å²) in [5.74, 6) is 0.181. The zero-order valence-corrected chi connectivity index (χ0v) is 8.50. The Hall–Kier alpha value is -1.31. The van der Waals surface area contributed by atoms with Crippen molar-refractivity contribution in [2.45, 2.75) is 32.1 Å². The molecule has 0 saturated heterocycles. The van der Waals surface area contributed by atoms with E-state index in [0.717, 1.165) is 24.0 Å². The SMILES string of the molecule is Cc1ccc(C=O)c(O)c1C1(C)CC1. The first kappa shape index (κ1) is 9.25. The van der Waals surface area contributed by atoms with E-state index in [1.165, 1.54) is 0 Å². The van der Waals surface area contributed by atoms with Gasteiger partial charge in [-0.2, -0.15) is 0 Å². The lowest BCUT2D eigenvalue weighted by atomic mass is 9.91. The lowest BCUT2D eigenvalue weighted by Crippen LogP contribution is -2.04. The zero-order chi connectivity index (χ0) is 10.3. The molecule has 1 aliphatic rings. The molecule has 1 N–H and O–H groups in total. The Morgan fingerprint density at radius 1 is 1.43 bits per heavy atom. The minimum atomic E-state index is 0.104. The number of carbonyl (C=O) groups excluding carboxylic acids is 1. The van der Waals surface area contributed by atoms with Gasteiger partial charge in [0.15, 0.2) is 6.29 Å². The van der Waals surface area contributed by atoms with Crippen LogP contribution in [-0.2, 0) is 5.41 Å². The third-order valence-electron chi connectivity index (χ3n) is 3.15. The van der Waals surface area contributed by atoms with Gasteiger partial charge in [-0.3, -0.25) is 4.79 Å². The Morgan fingerprint density at radius 3 is 2.57 bits per heavy atom. The molecule has 0 amide bonds. The van der Waals surface area contributed by atoms with Crippen molar-refractivity contribution in [3.8, 4) is 5.75 Å². The fourth-order valence-corrected chi connectivity index (χ4v) is 2.00. The van der Waals surface area contributed by atoms with Gasteiger partial charge < -0.3 is 5.11 Å². The predicted molar refractivity (Wildman–Crippen MR) is 54.8 cm³/mol. The number of aldehydes is 1. The van der Waals surface area contributed by atoms with E-state index in [1.54, 1.807) is 6.07 Å².